The van der Waals surface area contributed by atoms with Crippen LogP contribution in [-0.4, -0.2) is 22.6 Å². The Balaban J connectivity index is 2.09. The van der Waals surface area contributed by atoms with Gasteiger partial charge < -0.3 is 9.88 Å². The molecule has 1 N–H and O–H groups in total. The van der Waals surface area contributed by atoms with Gasteiger partial charge >= 0.3 is 0 Å². The van der Waals surface area contributed by atoms with Crippen LogP contribution in [0.1, 0.15) is 11.4 Å². The van der Waals surface area contributed by atoms with Crippen LogP contribution in [0.25, 0.3) is 0 Å². The third-order valence-electron chi connectivity index (χ3n) is 3.24. The number of rotatable bonds is 5. The van der Waals surface area contributed by atoms with Crippen molar-refractivity contribution in [2.24, 2.45) is 7.05 Å². The zero-order chi connectivity index (χ0) is 13.8. The van der Waals surface area contributed by atoms with Crippen molar-refractivity contribution < 1.29 is 4.39 Å². The number of nitrogens with one attached hydrogen (secondary N) is 1. The summed E-state index contributed by atoms with van der Waals surface area (Å²) in [4.78, 5) is 4.31. The Morgan fingerprint density at radius 1 is 1.42 bits per heavy atom. The first kappa shape index (κ1) is 14.0. The Morgan fingerprint density at radius 2 is 2.21 bits per heavy atom. The first-order chi connectivity index (χ1) is 9.10. The van der Waals surface area contributed by atoms with Gasteiger partial charge in [0.15, 0.2) is 0 Å². The quantitative estimate of drug-likeness (QED) is 0.913. The van der Waals surface area contributed by atoms with Crippen molar-refractivity contribution in [3.8, 4) is 0 Å². The maximum Gasteiger partial charge on any atom is 0.124 e. The molecule has 3 nitrogen and oxygen atoms in total. The number of hydrogen-bond acceptors (Lipinski definition) is 2. The maximum atomic E-state index is 13.0. The zero-order valence-corrected chi connectivity index (χ0v) is 11.8. The van der Waals surface area contributed by atoms with Crippen molar-refractivity contribution in [2.75, 3.05) is 7.05 Å². The average molecular weight is 282 g/mol. The SMILES string of the molecule is CNC(Cc1ccc(F)cc1Cl)Cc1nccn1C. The molecule has 2 aromatic rings. The first-order valence-corrected chi connectivity index (χ1v) is 6.55. The van der Waals surface area contributed by atoms with E-state index in [2.05, 4.69) is 10.3 Å². The van der Waals surface area contributed by atoms with Gasteiger partial charge in [0.05, 0.1) is 0 Å². The van der Waals surface area contributed by atoms with Crippen LogP contribution in [0, 0.1) is 5.82 Å². The van der Waals surface area contributed by atoms with Crippen LogP contribution in [0.5, 0.6) is 0 Å². The molecule has 1 aromatic heterocycles. The van der Waals surface area contributed by atoms with Crippen LogP contribution in [0.4, 0.5) is 4.39 Å². The lowest BCUT2D eigenvalue weighted by atomic mass is 10.0. The standard InChI is InChI=1S/C14H17ClFN3/c1-17-12(9-14-18-5-6-19(14)2)7-10-3-4-11(16)8-13(10)15/h3-6,8,12,17H,7,9H2,1-2H3. The van der Waals surface area contributed by atoms with Gasteiger partial charge in [-0.1, -0.05) is 17.7 Å². The molecule has 0 spiro atoms. The molecule has 0 fully saturated rings. The molecule has 1 atom stereocenters. The van der Waals surface area contributed by atoms with Crippen LogP contribution >= 0.6 is 11.6 Å². The van der Waals surface area contributed by atoms with Gasteiger partial charge in [0, 0.05) is 36.9 Å². The Bertz CT molecular complexity index is 553. The average Bonchev–Trinajstić information content (AvgIpc) is 2.77. The third-order valence-corrected chi connectivity index (χ3v) is 3.59. The summed E-state index contributed by atoms with van der Waals surface area (Å²) in [5.74, 6) is 0.705. The summed E-state index contributed by atoms with van der Waals surface area (Å²) in [6, 6.07) is 4.74. The molecule has 0 saturated carbocycles. The lowest BCUT2D eigenvalue weighted by molar-refractivity contribution is 0.533. The maximum absolute atomic E-state index is 13.0. The van der Waals surface area contributed by atoms with Crippen LogP contribution in [0.15, 0.2) is 30.6 Å². The molecule has 0 amide bonds. The fraction of sp³-hybridized carbons (Fsp3) is 0.357. The number of nitrogens with zero attached hydrogens (tertiary/aromatic N) is 2. The monoisotopic (exact) mass is 281 g/mol. The molecule has 1 aromatic carbocycles. The van der Waals surface area contributed by atoms with E-state index in [1.165, 1.54) is 12.1 Å². The zero-order valence-electron chi connectivity index (χ0n) is 11.0. The summed E-state index contributed by atoms with van der Waals surface area (Å²) in [5.41, 5.74) is 0.941. The van der Waals surface area contributed by atoms with Crippen LogP contribution in [-0.2, 0) is 19.9 Å². The fourth-order valence-electron chi connectivity index (χ4n) is 2.04. The van der Waals surface area contributed by atoms with E-state index < -0.39 is 0 Å². The van der Waals surface area contributed by atoms with Gasteiger partial charge in [0.2, 0.25) is 0 Å². The summed E-state index contributed by atoms with van der Waals surface area (Å²) >= 11 is 6.06. The molecule has 0 radical (unpaired) electrons. The van der Waals surface area contributed by atoms with Crippen molar-refractivity contribution in [1.29, 1.82) is 0 Å². The highest BCUT2D eigenvalue weighted by Gasteiger charge is 2.13. The van der Waals surface area contributed by atoms with E-state index in [1.807, 2.05) is 24.9 Å². The van der Waals surface area contributed by atoms with E-state index in [0.717, 1.165) is 24.2 Å². The van der Waals surface area contributed by atoms with Crippen molar-refractivity contribution in [1.82, 2.24) is 14.9 Å². The van der Waals surface area contributed by atoms with E-state index in [-0.39, 0.29) is 11.9 Å². The smallest absolute Gasteiger partial charge is 0.124 e. The number of imidazole rings is 1. The summed E-state index contributed by atoms with van der Waals surface area (Å²) in [6.45, 7) is 0. The van der Waals surface area contributed by atoms with Gasteiger partial charge in [0.1, 0.15) is 11.6 Å². The number of likely N-dealkylation sites (N-methyl/N-ethyl adjacent to an activating group) is 1. The normalized spacial score (nSPS) is 12.6. The molecule has 0 aliphatic rings. The number of halogens is 2. The molecule has 0 bridgehead atoms. The molecular formula is C14H17ClFN3. The van der Waals surface area contributed by atoms with Gasteiger partial charge in [-0.2, -0.15) is 0 Å². The third kappa shape index (κ3) is 3.55. The Hall–Kier alpha value is -1.39. The number of aromatic nitrogens is 2. The van der Waals surface area contributed by atoms with E-state index >= 15 is 0 Å². The predicted molar refractivity (Wildman–Crippen MR) is 74.9 cm³/mol. The topological polar surface area (TPSA) is 29.9 Å². The Morgan fingerprint density at radius 3 is 2.79 bits per heavy atom. The van der Waals surface area contributed by atoms with E-state index in [4.69, 9.17) is 11.6 Å². The molecule has 2 rings (SSSR count). The summed E-state index contributed by atoms with van der Waals surface area (Å²) in [7, 11) is 3.88. The van der Waals surface area contributed by atoms with E-state index in [9.17, 15) is 4.39 Å². The lowest BCUT2D eigenvalue weighted by Gasteiger charge is -2.17. The van der Waals surface area contributed by atoms with Gasteiger partial charge in [0.25, 0.3) is 0 Å². The highest BCUT2D eigenvalue weighted by molar-refractivity contribution is 6.31. The molecule has 0 saturated heterocycles. The van der Waals surface area contributed by atoms with Crippen LogP contribution in [0.3, 0.4) is 0 Å². The van der Waals surface area contributed by atoms with E-state index in [1.54, 1.807) is 12.3 Å². The minimum absolute atomic E-state index is 0.212. The molecular weight excluding hydrogens is 265 g/mol. The van der Waals surface area contributed by atoms with Gasteiger partial charge in [-0.15, -0.1) is 0 Å². The highest BCUT2D eigenvalue weighted by atomic mass is 35.5. The highest BCUT2D eigenvalue weighted by Crippen LogP contribution is 2.19. The van der Waals surface area contributed by atoms with E-state index in [0.29, 0.717) is 5.02 Å². The van der Waals surface area contributed by atoms with Crippen molar-refractivity contribution in [3.05, 3.63) is 52.8 Å². The fourth-order valence-corrected chi connectivity index (χ4v) is 2.29. The summed E-state index contributed by atoms with van der Waals surface area (Å²) in [6.07, 6.45) is 5.25. The first-order valence-electron chi connectivity index (χ1n) is 6.17. The molecule has 19 heavy (non-hydrogen) atoms. The molecule has 0 aliphatic heterocycles. The van der Waals surface area contributed by atoms with Gasteiger partial charge in [-0.05, 0) is 31.2 Å². The summed E-state index contributed by atoms with van der Waals surface area (Å²) in [5, 5.41) is 3.72. The van der Waals surface area contributed by atoms with Gasteiger partial charge in [-0.25, -0.2) is 9.37 Å². The Labute approximate surface area is 117 Å². The van der Waals surface area contributed by atoms with Crippen LogP contribution < -0.4 is 5.32 Å². The second kappa shape index (κ2) is 6.17. The lowest BCUT2D eigenvalue weighted by Crippen LogP contribution is -2.31. The number of hydrogen-bond donors (Lipinski definition) is 1. The largest absolute Gasteiger partial charge is 0.338 e. The Kier molecular flexibility index (Phi) is 4.56. The molecule has 1 unspecified atom stereocenters. The van der Waals surface area contributed by atoms with Crippen molar-refractivity contribution in [3.63, 3.8) is 0 Å². The second-order valence-electron chi connectivity index (χ2n) is 4.58. The molecule has 1 heterocycles. The molecule has 5 heteroatoms. The predicted octanol–water partition coefficient (Wildman–Crippen LogP) is 2.59. The van der Waals surface area contributed by atoms with Gasteiger partial charge in [-0.3, -0.25) is 0 Å². The number of benzene rings is 1. The minimum Gasteiger partial charge on any atom is -0.338 e. The summed E-state index contributed by atoms with van der Waals surface area (Å²) < 4.78 is 15.0. The van der Waals surface area contributed by atoms with Crippen LogP contribution in [0.2, 0.25) is 5.02 Å². The van der Waals surface area contributed by atoms with Crippen molar-refractivity contribution in [2.45, 2.75) is 18.9 Å². The number of aryl methyl sites for hydroxylation is 1. The molecule has 102 valence electrons. The minimum atomic E-state index is -0.307. The molecule has 0 aliphatic carbocycles. The van der Waals surface area contributed by atoms with Crippen molar-refractivity contribution >= 4 is 11.6 Å². The second-order valence-corrected chi connectivity index (χ2v) is 4.99.